The van der Waals surface area contributed by atoms with Crippen molar-refractivity contribution in [1.29, 1.82) is 0 Å². The lowest BCUT2D eigenvalue weighted by Gasteiger charge is -2.08. The van der Waals surface area contributed by atoms with Gasteiger partial charge in [-0.15, -0.1) is 0 Å². The molecule has 14 heavy (non-hydrogen) atoms. The highest BCUT2D eigenvalue weighted by molar-refractivity contribution is 5.89. The molecule has 0 aromatic heterocycles. The maximum atomic E-state index is 11.4. The molecule has 0 atom stereocenters. The third-order valence-electron chi connectivity index (χ3n) is 1.78. The largest absolute Gasteiger partial charge is 0.508 e. The summed E-state index contributed by atoms with van der Waals surface area (Å²) in [7, 11) is 0. The van der Waals surface area contributed by atoms with Gasteiger partial charge in [-0.2, -0.15) is 0 Å². The van der Waals surface area contributed by atoms with Gasteiger partial charge in [0.05, 0.1) is 11.7 Å². The van der Waals surface area contributed by atoms with E-state index in [9.17, 15) is 9.90 Å². The van der Waals surface area contributed by atoms with Crippen molar-refractivity contribution in [2.45, 2.75) is 26.9 Å². The average Bonchev–Trinajstić information content (AvgIpc) is 2.08. The Morgan fingerprint density at radius 2 is 2.07 bits per heavy atom. The molecule has 0 spiro atoms. The number of phenols is 1. The van der Waals surface area contributed by atoms with Gasteiger partial charge in [-0.3, -0.25) is 0 Å². The predicted octanol–water partition coefficient (Wildman–Crippen LogP) is 2.27. The van der Waals surface area contributed by atoms with Gasteiger partial charge in [0.25, 0.3) is 0 Å². The monoisotopic (exact) mass is 194 g/mol. The van der Waals surface area contributed by atoms with E-state index in [4.69, 9.17) is 4.74 Å². The van der Waals surface area contributed by atoms with Crippen LogP contribution in [0.1, 0.15) is 29.8 Å². The smallest absolute Gasteiger partial charge is 0.338 e. The molecule has 0 heterocycles. The average molecular weight is 194 g/mol. The molecule has 3 nitrogen and oxygen atoms in total. The van der Waals surface area contributed by atoms with Crippen LogP contribution in [0.2, 0.25) is 0 Å². The first-order chi connectivity index (χ1) is 6.50. The third-order valence-corrected chi connectivity index (χ3v) is 1.78. The molecule has 1 aromatic carbocycles. The molecule has 0 saturated heterocycles. The van der Waals surface area contributed by atoms with Crippen molar-refractivity contribution in [2.24, 2.45) is 0 Å². The fraction of sp³-hybridized carbons (Fsp3) is 0.364. The minimum atomic E-state index is -0.358. The molecule has 1 rings (SSSR count). The number of rotatable bonds is 2. The van der Waals surface area contributed by atoms with Crippen LogP contribution in [0.3, 0.4) is 0 Å². The molecule has 0 radical (unpaired) electrons. The minimum absolute atomic E-state index is 0.128. The van der Waals surface area contributed by atoms with Gasteiger partial charge < -0.3 is 9.84 Å². The van der Waals surface area contributed by atoms with E-state index >= 15 is 0 Å². The number of phenolic OH excluding ortho intramolecular Hbond substituents is 1. The zero-order valence-electron chi connectivity index (χ0n) is 8.57. The van der Waals surface area contributed by atoms with Gasteiger partial charge in [0, 0.05) is 0 Å². The van der Waals surface area contributed by atoms with Gasteiger partial charge >= 0.3 is 5.97 Å². The number of benzene rings is 1. The van der Waals surface area contributed by atoms with Crippen LogP contribution in [0.5, 0.6) is 5.75 Å². The second-order valence-electron chi connectivity index (χ2n) is 3.46. The summed E-state index contributed by atoms with van der Waals surface area (Å²) in [6.07, 6.45) is -0.128. The number of hydrogen-bond donors (Lipinski definition) is 1. The van der Waals surface area contributed by atoms with E-state index in [2.05, 4.69) is 0 Å². The number of ether oxygens (including phenoxy) is 1. The lowest BCUT2D eigenvalue weighted by Crippen LogP contribution is -2.11. The zero-order valence-corrected chi connectivity index (χ0v) is 8.57. The zero-order chi connectivity index (χ0) is 10.7. The van der Waals surface area contributed by atoms with E-state index in [-0.39, 0.29) is 17.8 Å². The van der Waals surface area contributed by atoms with Crippen LogP contribution in [0.15, 0.2) is 18.2 Å². The molecule has 0 amide bonds. The summed E-state index contributed by atoms with van der Waals surface area (Å²) in [6.45, 7) is 5.33. The Kier molecular flexibility index (Phi) is 3.12. The Morgan fingerprint density at radius 3 is 2.57 bits per heavy atom. The summed E-state index contributed by atoms with van der Waals surface area (Å²) < 4.78 is 5.01. The predicted molar refractivity (Wildman–Crippen MR) is 53.4 cm³/mol. The fourth-order valence-corrected chi connectivity index (χ4v) is 1.06. The number of carbonyl (C=O) groups is 1. The molecule has 76 valence electrons. The lowest BCUT2D eigenvalue weighted by atomic mass is 10.1. The minimum Gasteiger partial charge on any atom is -0.508 e. The topological polar surface area (TPSA) is 46.5 Å². The van der Waals surface area contributed by atoms with Gasteiger partial charge in [-0.25, -0.2) is 4.79 Å². The standard InChI is InChI=1S/C11H14O3/c1-7(2)14-11(13)9-4-5-10(12)8(3)6-9/h4-7,12H,1-3H3. The lowest BCUT2D eigenvalue weighted by molar-refractivity contribution is 0.0378. The highest BCUT2D eigenvalue weighted by Gasteiger charge is 2.09. The van der Waals surface area contributed by atoms with Gasteiger partial charge in [0.2, 0.25) is 0 Å². The van der Waals surface area contributed by atoms with Crippen LogP contribution in [-0.4, -0.2) is 17.2 Å². The molecular formula is C11H14O3. The maximum absolute atomic E-state index is 11.4. The molecule has 0 bridgehead atoms. The second-order valence-corrected chi connectivity index (χ2v) is 3.46. The molecular weight excluding hydrogens is 180 g/mol. The molecule has 0 aliphatic heterocycles. The highest BCUT2D eigenvalue weighted by atomic mass is 16.5. The van der Waals surface area contributed by atoms with Crippen molar-refractivity contribution in [3.05, 3.63) is 29.3 Å². The quantitative estimate of drug-likeness (QED) is 0.734. The molecule has 0 aliphatic carbocycles. The van der Waals surface area contributed by atoms with Crippen molar-refractivity contribution in [2.75, 3.05) is 0 Å². The third kappa shape index (κ3) is 2.49. The van der Waals surface area contributed by atoms with Crippen LogP contribution in [0, 0.1) is 6.92 Å². The van der Waals surface area contributed by atoms with E-state index in [1.165, 1.54) is 6.07 Å². The SMILES string of the molecule is Cc1cc(C(=O)OC(C)C)ccc1O. The summed E-state index contributed by atoms with van der Waals surface area (Å²) in [5.41, 5.74) is 1.14. The van der Waals surface area contributed by atoms with E-state index in [1.807, 2.05) is 0 Å². The first-order valence-corrected chi connectivity index (χ1v) is 4.51. The molecule has 0 unspecified atom stereocenters. The molecule has 0 fully saturated rings. The number of aryl methyl sites for hydroxylation is 1. The summed E-state index contributed by atoms with van der Waals surface area (Å²) >= 11 is 0. The van der Waals surface area contributed by atoms with Gasteiger partial charge in [0.1, 0.15) is 5.75 Å². The van der Waals surface area contributed by atoms with Crippen LogP contribution in [0.25, 0.3) is 0 Å². The van der Waals surface area contributed by atoms with Crippen LogP contribution < -0.4 is 0 Å². The normalized spacial score (nSPS) is 10.3. The first-order valence-electron chi connectivity index (χ1n) is 4.51. The number of esters is 1. The Labute approximate surface area is 83.3 Å². The summed E-state index contributed by atoms with van der Waals surface area (Å²) in [6, 6.07) is 4.65. The van der Waals surface area contributed by atoms with Crippen molar-refractivity contribution in [3.8, 4) is 5.75 Å². The van der Waals surface area contributed by atoms with Crippen LogP contribution in [-0.2, 0) is 4.74 Å². The maximum Gasteiger partial charge on any atom is 0.338 e. The summed E-state index contributed by atoms with van der Waals surface area (Å²) in [5.74, 6) is -0.172. The van der Waals surface area contributed by atoms with Gasteiger partial charge in [-0.05, 0) is 44.5 Å². The van der Waals surface area contributed by atoms with Crippen LogP contribution >= 0.6 is 0 Å². The van der Waals surface area contributed by atoms with Gasteiger partial charge in [0.15, 0.2) is 0 Å². The van der Waals surface area contributed by atoms with Crippen molar-refractivity contribution < 1.29 is 14.6 Å². The molecule has 3 heteroatoms. The van der Waals surface area contributed by atoms with E-state index in [1.54, 1.807) is 32.9 Å². The summed E-state index contributed by atoms with van der Waals surface area (Å²) in [5, 5.41) is 9.26. The Balaban J connectivity index is 2.86. The highest BCUT2D eigenvalue weighted by Crippen LogP contribution is 2.17. The fourth-order valence-electron chi connectivity index (χ4n) is 1.06. The van der Waals surface area contributed by atoms with Crippen LogP contribution in [0.4, 0.5) is 0 Å². The van der Waals surface area contributed by atoms with E-state index in [0.717, 1.165) is 0 Å². The first kappa shape index (κ1) is 10.6. The second kappa shape index (κ2) is 4.13. The van der Waals surface area contributed by atoms with Crippen molar-refractivity contribution in [3.63, 3.8) is 0 Å². The van der Waals surface area contributed by atoms with E-state index in [0.29, 0.717) is 11.1 Å². The molecule has 0 saturated carbocycles. The summed E-state index contributed by atoms with van der Waals surface area (Å²) in [4.78, 5) is 11.4. The molecule has 0 aliphatic rings. The Bertz CT molecular complexity index is 342. The van der Waals surface area contributed by atoms with Crippen molar-refractivity contribution in [1.82, 2.24) is 0 Å². The number of aromatic hydroxyl groups is 1. The van der Waals surface area contributed by atoms with E-state index < -0.39 is 0 Å². The Morgan fingerprint density at radius 1 is 1.43 bits per heavy atom. The number of carbonyl (C=O) groups excluding carboxylic acids is 1. The number of hydrogen-bond acceptors (Lipinski definition) is 3. The van der Waals surface area contributed by atoms with Gasteiger partial charge in [-0.1, -0.05) is 0 Å². The molecule has 1 N–H and O–H groups in total. The molecule has 1 aromatic rings. The Hall–Kier alpha value is -1.51. The van der Waals surface area contributed by atoms with Crippen molar-refractivity contribution >= 4 is 5.97 Å².